The molecule has 0 saturated heterocycles. The van der Waals surface area contributed by atoms with Gasteiger partial charge in [0.25, 0.3) is 0 Å². The SMILES string of the molecule is C=CCCCC1CCC(c2ccc(-c3ccc(COCC=C)cc3)cc2)CC1. The lowest BCUT2D eigenvalue weighted by molar-refractivity contribution is 0.149. The highest BCUT2D eigenvalue weighted by Crippen LogP contribution is 2.38. The molecule has 0 aromatic heterocycles. The molecule has 0 amide bonds. The normalized spacial score (nSPS) is 19.3. The number of benzene rings is 2. The molecular weight excluding hydrogens is 340 g/mol. The van der Waals surface area contributed by atoms with Crippen molar-refractivity contribution in [3.63, 3.8) is 0 Å². The monoisotopic (exact) mass is 374 g/mol. The first-order chi connectivity index (χ1) is 13.8. The van der Waals surface area contributed by atoms with Gasteiger partial charge in [0.15, 0.2) is 0 Å². The maximum atomic E-state index is 5.51. The van der Waals surface area contributed by atoms with Crippen molar-refractivity contribution < 1.29 is 4.74 Å². The minimum atomic E-state index is 0.597. The van der Waals surface area contributed by atoms with E-state index in [1.165, 1.54) is 67.2 Å². The van der Waals surface area contributed by atoms with Crippen molar-refractivity contribution in [1.82, 2.24) is 0 Å². The van der Waals surface area contributed by atoms with E-state index in [1.807, 2.05) is 0 Å². The molecule has 1 saturated carbocycles. The van der Waals surface area contributed by atoms with Gasteiger partial charge in [0, 0.05) is 0 Å². The Bertz CT molecular complexity index is 718. The first kappa shape index (κ1) is 20.6. The predicted molar refractivity (Wildman–Crippen MR) is 120 cm³/mol. The van der Waals surface area contributed by atoms with Crippen LogP contribution in [0.15, 0.2) is 73.8 Å². The van der Waals surface area contributed by atoms with Gasteiger partial charge in [-0.3, -0.25) is 0 Å². The zero-order valence-electron chi connectivity index (χ0n) is 17.1. The Labute approximate surface area is 171 Å². The number of allylic oxidation sites excluding steroid dienone is 1. The van der Waals surface area contributed by atoms with E-state index in [0.717, 1.165) is 11.8 Å². The lowest BCUT2D eigenvalue weighted by Crippen LogP contribution is -2.13. The van der Waals surface area contributed by atoms with Gasteiger partial charge in [-0.2, -0.15) is 0 Å². The largest absolute Gasteiger partial charge is 0.373 e. The fraction of sp³-hybridized carbons (Fsp3) is 0.407. The molecule has 28 heavy (non-hydrogen) atoms. The third-order valence-electron chi connectivity index (χ3n) is 6.04. The summed E-state index contributed by atoms with van der Waals surface area (Å²) in [6.45, 7) is 8.75. The van der Waals surface area contributed by atoms with Gasteiger partial charge in [-0.1, -0.05) is 67.1 Å². The Morgan fingerprint density at radius 1 is 0.821 bits per heavy atom. The van der Waals surface area contributed by atoms with Crippen LogP contribution in [0.1, 0.15) is 62.0 Å². The molecule has 0 radical (unpaired) electrons. The van der Waals surface area contributed by atoms with Gasteiger partial charge in [0.05, 0.1) is 13.2 Å². The summed E-state index contributed by atoms with van der Waals surface area (Å²) in [5.74, 6) is 1.68. The summed E-state index contributed by atoms with van der Waals surface area (Å²) in [6.07, 6.45) is 13.2. The van der Waals surface area contributed by atoms with Gasteiger partial charge < -0.3 is 4.74 Å². The van der Waals surface area contributed by atoms with Crippen molar-refractivity contribution in [2.45, 2.75) is 57.5 Å². The third kappa shape index (κ3) is 5.94. The molecule has 0 N–H and O–H groups in total. The van der Waals surface area contributed by atoms with Crippen LogP contribution in [0.4, 0.5) is 0 Å². The summed E-state index contributed by atoms with van der Waals surface area (Å²) in [7, 11) is 0. The highest BCUT2D eigenvalue weighted by Gasteiger charge is 2.21. The summed E-state index contributed by atoms with van der Waals surface area (Å²) < 4.78 is 5.51. The van der Waals surface area contributed by atoms with Crippen LogP contribution in [-0.4, -0.2) is 6.61 Å². The van der Waals surface area contributed by atoms with Crippen LogP contribution >= 0.6 is 0 Å². The van der Waals surface area contributed by atoms with Gasteiger partial charge in [-0.25, -0.2) is 0 Å². The number of ether oxygens (including phenoxy) is 1. The fourth-order valence-corrected chi connectivity index (χ4v) is 4.34. The van der Waals surface area contributed by atoms with E-state index >= 15 is 0 Å². The van der Waals surface area contributed by atoms with Gasteiger partial charge >= 0.3 is 0 Å². The average molecular weight is 375 g/mol. The summed E-state index contributed by atoms with van der Waals surface area (Å²) in [6, 6.07) is 18.0. The highest BCUT2D eigenvalue weighted by molar-refractivity contribution is 5.64. The molecule has 0 bridgehead atoms. The van der Waals surface area contributed by atoms with Crippen LogP contribution in [0.2, 0.25) is 0 Å². The van der Waals surface area contributed by atoms with Crippen molar-refractivity contribution in [3.05, 3.63) is 85.0 Å². The van der Waals surface area contributed by atoms with Crippen LogP contribution in [0.25, 0.3) is 11.1 Å². The summed E-state index contributed by atoms with van der Waals surface area (Å²) >= 11 is 0. The maximum Gasteiger partial charge on any atom is 0.0721 e. The molecule has 1 fully saturated rings. The molecular formula is C27H34O. The summed E-state index contributed by atoms with van der Waals surface area (Å²) in [4.78, 5) is 0. The molecule has 0 heterocycles. The Morgan fingerprint density at radius 3 is 2.07 bits per heavy atom. The van der Waals surface area contributed by atoms with E-state index in [1.54, 1.807) is 6.08 Å². The Balaban J connectivity index is 1.52. The standard InChI is InChI=1S/C27H34O/c1-3-5-6-7-22-8-12-24(13-9-22)26-16-18-27(19-17-26)25-14-10-23(11-15-25)21-28-20-4-2/h3-4,10-11,14-19,22,24H,1-2,5-9,12-13,20-21H2. The van der Waals surface area contributed by atoms with E-state index in [0.29, 0.717) is 13.2 Å². The minimum absolute atomic E-state index is 0.597. The molecule has 1 nitrogen and oxygen atoms in total. The van der Waals surface area contributed by atoms with Crippen molar-refractivity contribution in [3.8, 4) is 11.1 Å². The van der Waals surface area contributed by atoms with Crippen LogP contribution < -0.4 is 0 Å². The number of hydrogen-bond acceptors (Lipinski definition) is 1. The van der Waals surface area contributed by atoms with Gasteiger partial charge in [0.1, 0.15) is 0 Å². The first-order valence-electron chi connectivity index (χ1n) is 10.8. The van der Waals surface area contributed by atoms with Crippen molar-refractivity contribution in [2.75, 3.05) is 6.61 Å². The third-order valence-corrected chi connectivity index (χ3v) is 6.04. The molecule has 0 atom stereocenters. The van der Waals surface area contributed by atoms with Crippen molar-refractivity contribution in [2.24, 2.45) is 5.92 Å². The first-order valence-corrected chi connectivity index (χ1v) is 10.8. The predicted octanol–water partition coefficient (Wildman–Crippen LogP) is 7.69. The summed E-state index contributed by atoms with van der Waals surface area (Å²) in [5.41, 5.74) is 5.28. The zero-order valence-corrected chi connectivity index (χ0v) is 17.1. The molecule has 1 heteroatoms. The molecule has 3 rings (SSSR count). The molecule has 148 valence electrons. The molecule has 0 aliphatic heterocycles. The second kappa shape index (κ2) is 11.0. The summed E-state index contributed by atoms with van der Waals surface area (Å²) in [5, 5.41) is 0. The molecule has 2 aromatic rings. The molecule has 0 spiro atoms. The smallest absolute Gasteiger partial charge is 0.0721 e. The molecule has 1 aliphatic carbocycles. The van der Waals surface area contributed by atoms with E-state index in [9.17, 15) is 0 Å². The number of rotatable bonds is 10. The minimum Gasteiger partial charge on any atom is -0.373 e. The van der Waals surface area contributed by atoms with E-state index < -0.39 is 0 Å². The van der Waals surface area contributed by atoms with Crippen LogP contribution in [-0.2, 0) is 11.3 Å². The van der Waals surface area contributed by atoms with Gasteiger partial charge in [-0.15, -0.1) is 13.2 Å². The quantitative estimate of drug-likeness (QED) is 0.306. The van der Waals surface area contributed by atoms with Crippen molar-refractivity contribution in [1.29, 1.82) is 0 Å². The van der Waals surface area contributed by atoms with Crippen LogP contribution in [0, 0.1) is 5.92 Å². The Hall–Kier alpha value is -2.12. The van der Waals surface area contributed by atoms with Crippen LogP contribution in [0.5, 0.6) is 0 Å². The molecule has 2 aromatic carbocycles. The fourth-order valence-electron chi connectivity index (χ4n) is 4.34. The highest BCUT2D eigenvalue weighted by atomic mass is 16.5. The topological polar surface area (TPSA) is 9.23 Å². The Morgan fingerprint density at radius 2 is 1.46 bits per heavy atom. The molecule has 0 unspecified atom stereocenters. The second-order valence-corrected chi connectivity index (χ2v) is 8.06. The zero-order chi connectivity index (χ0) is 19.6. The molecule has 1 aliphatic rings. The maximum absolute atomic E-state index is 5.51. The lowest BCUT2D eigenvalue weighted by atomic mass is 9.77. The lowest BCUT2D eigenvalue weighted by Gasteiger charge is -2.29. The van der Waals surface area contributed by atoms with E-state index in [2.05, 4.69) is 67.8 Å². The van der Waals surface area contributed by atoms with Gasteiger partial charge in [0.2, 0.25) is 0 Å². The van der Waals surface area contributed by atoms with Crippen molar-refractivity contribution >= 4 is 0 Å². The second-order valence-electron chi connectivity index (χ2n) is 8.06. The average Bonchev–Trinajstić information content (AvgIpc) is 2.75. The van der Waals surface area contributed by atoms with E-state index in [-0.39, 0.29) is 0 Å². The number of hydrogen-bond donors (Lipinski definition) is 0. The number of unbranched alkanes of at least 4 members (excludes halogenated alkanes) is 1. The van der Waals surface area contributed by atoms with Gasteiger partial charge in [-0.05, 0) is 72.6 Å². The van der Waals surface area contributed by atoms with Crippen LogP contribution in [0.3, 0.4) is 0 Å². The van der Waals surface area contributed by atoms with E-state index in [4.69, 9.17) is 4.74 Å². The Kier molecular flexibility index (Phi) is 8.11.